The number of halogens is 2. The molecular formula is C17H26F2N2O3S. The van der Waals surface area contributed by atoms with E-state index in [1.165, 1.54) is 6.92 Å². The van der Waals surface area contributed by atoms with Crippen LogP contribution in [0.4, 0.5) is 14.5 Å². The molecule has 0 saturated heterocycles. The molecule has 0 bridgehead atoms. The van der Waals surface area contributed by atoms with Crippen LogP contribution in [0.15, 0.2) is 18.2 Å². The molecule has 0 radical (unpaired) electrons. The molecule has 0 aliphatic carbocycles. The predicted molar refractivity (Wildman–Crippen MR) is 94.7 cm³/mol. The molecule has 0 fully saturated rings. The summed E-state index contributed by atoms with van der Waals surface area (Å²) in [6, 6.07) is 1.48. The van der Waals surface area contributed by atoms with Gasteiger partial charge in [0.25, 0.3) is 0 Å². The maximum atomic E-state index is 13.5. The van der Waals surface area contributed by atoms with Gasteiger partial charge in [0, 0.05) is 12.1 Å². The fourth-order valence-corrected chi connectivity index (χ4v) is 3.99. The van der Waals surface area contributed by atoms with E-state index in [0.29, 0.717) is 0 Å². The maximum Gasteiger partial charge on any atom is 0.243 e. The number of nitrogens with one attached hydrogen (secondary N) is 1. The van der Waals surface area contributed by atoms with Gasteiger partial charge in [-0.1, -0.05) is 27.7 Å². The Morgan fingerprint density at radius 2 is 1.56 bits per heavy atom. The van der Waals surface area contributed by atoms with Gasteiger partial charge in [0.1, 0.15) is 6.04 Å². The zero-order valence-corrected chi connectivity index (χ0v) is 16.2. The number of nitrogens with zero attached hydrogens (tertiary/aromatic N) is 1. The second kappa shape index (κ2) is 8.12. The first-order chi connectivity index (χ1) is 11.4. The van der Waals surface area contributed by atoms with E-state index in [-0.39, 0.29) is 23.6 Å². The predicted octanol–water partition coefficient (Wildman–Crippen LogP) is 2.92. The molecule has 0 aromatic heterocycles. The Morgan fingerprint density at radius 1 is 1.04 bits per heavy atom. The van der Waals surface area contributed by atoms with Crippen molar-refractivity contribution >= 4 is 21.6 Å². The minimum atomic E-state index is -3.88. The molecule has 1 amide bonds. The number of hydrogen-bond acceptors (Lipinski definition) is 3. The topological polar surface area (TPSA) is 66.5 Å². The number of anilines is 1. The van der Waals surface area contributed by atoms with Gasteiger partial charge in [-0.2, -0.15) is 0 Å². The molecule has 5 nitrogen and oxygen atoms in total. The van der Waals surface area contributed by atoms with E-state index in [1.54, 1.807) is 0 Å². The number of carbonyl (C=O) groups excluding carboxylic acids is 1. The molecule has 0 saturated carbocycles. The molecule has 8 heteroatoms. The van der Waals surface area contributed by atoms with Gasteiger partial charge >= 0.3 is 0 Å². The van der Waals surface area contributed by atoms with E-state index in [1.807, 2.05) is 27.7 Å². The smallest absolute Gasteiger partial charge is 0.243 e. The molecule has 1 N–H and O–H groups in total. The van der Waals surface area contributed by atoms with Crippen LogP contribution in [0.25, 0.3) is 0 Å². The summed E-state index contributed by atoms with van der Waals surface area (Å²) in [5.74, 6) is -2.45. The SMILES string of the molecule is CC(C)C(NC(=O)[C@@H](C)N(c1ccc(F)c(F)c1)S(C)(=O)=O)C(C)C. The largest absolute Gasteiger partial charge is 0.351 e. The summed E-state index contributed by atoms with van der Waals surface area (Å²) in [6.07, 6.45) is 0.917. The average Bonchev–Trinajstić information content (AvgIpc) is 2.46. The normalized spacial score (nSPS) is 13.4. The van der Waals surface area contributed by atoms with Crippen LogP contribution >= 0.6 is 0 Å². The van der Waals surface area contributed by atoms with Gasteiger partial charge < -0.3 is 5.32 Å². The highest BCUT2D eigenvalue weighted by Gasteiger charge is 2.31. The molecule has 0 heterocycles. The van der Waals surface area contributed by atoms with Gasteiger partial charge in [-0.05, 0) is 30.9 Å². The van der Waals surface area contributed by atoms with Crippen molar-refractivity contribution < 1.29 is 22.0 Å². The van der Waals surface area contributed by atoms with Gasteiger partial charge in [0.2, 0.25) is 15.9 Å². The third-order valence-electron chi connectivity index (χ3n) is 3.99. The zero-order chi connectivity index (χ0) is 19.5. The van der Waals surface area contributed by atoms with Crippen LogP contribution < -0.4 is 9.62 Å². The van der Waals surface area contributed by atoms with Crippen molar-refractivity contribution in [3.63, 3.8) is 0 Å². The first-order valence-corrected chi connectivity index (χ1v) is 9.96. The Hall–Kier alpha value is -1.70. The van der Waals surface area contributed by atoms with Crippen molar-refractivity contribution in [1.29, 1.82) is 0 Å². The quantitative estimate of drug-likeness (QED) is 0.796. The van der Waals surface area contributed by atoms with E-state index in [4.69, 9.17) is 0 Å². The molecule has 0 spiro atoms. The summed E-state index contributed by atoms with van der Waals surface area (Å²) in [5, 5.41) is 2.85. The van der Waals surface area contributed by atoms with Crippen LogP contribution in [0.5, 0.6) is 0 Å². The number of sulfonamides is 1. The molecule has 25 heavy (non-hydrogen) atoms. The average molecular weight is 376 g/mol. The molecule has 0 unspecified atom stereocenters. The second-order valence-electron chi connectivity index (χ2n) is 6.86. The minimum absolute atomic E-state index is 0.102. The summed E-state index contributed by atoms with van der Waals surface area (Å²) >= 11 is 0. The van der Waals surface area contributed by atoms with Crippen LogP contribution in [0, 0.1) is 23.5 Å². The first-order valence-electron chi connectivity index (χ1n) is 8.11. The van der Waals surface area contributed by atoms with Crippen molar-refractivity contribution in [1.82, 2.24) is 5.32 Å². The van der Waals surface area contributed by atoms with Crippen LogP contribution in [0.1, 0.15) is 34.6 Å². The molecule has 0 aliphatic heterocycles. The highest BCUT2D eigenvalue weighted by Crippen LogP contribution is 2.23. The lowest BCUT2D eigenvalue weighted by molar-refractivity contribution is -0.123. The highest BCUT2D eigenvalue weighted by molar-refractivity contribution is 7.92. The Bertz CT molecular complexity index is 713. The Kier molecular flexibility index (Phi) is 6.93. The van der Waals surface area contributed by atoms with Crippen molar-refractivity contribution in [2.75, 3.05) is 10.6 Å². The van der Waals surface area contributed by atoms with Gasteiger partial charge in [-0.25, -0.2) is 17.2 Å². The lowest BCUT2D eigenvalue weighted by atomic mass is 9.93. The number of carbonyl (C=O) groups is 1. The Morgan fingerprint density at radius 3 is 1.96 bits per heavy atom. The monoisotopic (exact) mass is 376 g/mol. The standard InChI is InChI=1S/C17H26F2N2O3S/c1-10(2)16(11(3)4)20-17(22)12(5)21(25(6,23)24)13-7-8-14(18)15(19)9-13/h7-12,16H,1-6H3,(H,20,22)/t12-/m1/s1. The summed E-state index contributed by atoms with van der Waals surface area (Å²) in [6.45, 7) is 9.24. The molecule has 0 aliphatic rings. The molecular weight excluding hydrogens is 350 g/mol. The lowest BCUT2D eigenvalue weighted by Gasteiger charge is -2.32. The van der Waals surface area contributed by atoms with Crippen molar-refractivity contribution in [3.8, 4) is 0 Å². The molecule has 1 aromatic rings. The zero-order valence-electron chi connectivity index (χ0n) is 15.4. The first kappa shape index (κ1) is 21.3. The molecule has 1 aromatic carbocycles. The maximum absolute atomic E-state index is 13.5. The van der Waals surface area contributed by atoms with Gasteiger partial charge in [-0.15, -0.1) is 0 Å². The third kappa shape index (κ3) is 5.39. The van der Waals surface area contributed by atoms with Crippen LogP contribution in [0.3, 0.4) is 0 Å². The fraction of sp³-hybridized carbons (Fsp3) is 0.588. The molecule has 1 atom stereocenters. The third-order valence-corrected chi connectivity index (χ3v) is 5.23. The van der Waals surface area contributed by atoms with E-state index in [9.17, 15) is 22.0 Å². The summed E-state index contributed by atoms with van der Waals surface area (Å²) < 4.78 is 51.8. The number of rotatable bonds is 7. The van der Waals surface area contributed by atoms with Gasteiger partial charge in [0.05, 0.1) is 11.9 Å². The van der Waals surface area contributed by atoms with E-state index in [0.717, 1.165) is 28.8 Å². The fourth-order valence-electron chi connectivity index (χ4n) is 2.82. The van der Waals surface area contributed by atoms with Crippen LogP contribution in [-0.4, -0.2) is 32.7 Å². The molecule has 1 rings (SSSR count). The van der Waals surface area contributed by atoms with Crippen molar-refractivity contribution in [3.05, 3.63) is 29.8 Å². The summed E-state index contributed by atoms with van der Waals surface area (Å²) in [4.78, 5) is 12.6. The van der Waals surface area contributed by atoms with Crippen molar-refractivity contribution in [2.24, 2.45) is 11.8 Å². The number of amides is 1. The van der Waals surface area contributed by atoms with Gasteiger partial charge in [-0.3, -0.25) is 9.10 Å². The van der Waals surface area contributed by atoms with E-state index < -0.39 is 33.6 Å². The Labute approximate surface area is 148 Å². The van der Waals surface area contributed by atoms with Crippen LogP contribution in [-0.2, 0) is 14.8 Å². The Balaban J connectivity index is 3.19. The highest BCUT2D eigenvalue weighted by atomic mass is 32.2. The van der Waals surface area contributed by atoms with Gasteiger partial charge in [0.15, 0.2) is 11.6 Å². The van der Waals surface area contributed by atoms with E-state index >= 15 is 0 Å². The summed E-state index contributed by atoms with van der Waals surface area (Å²) in [7, 11) is -3.88. The van der Waals surface area contributed by atoms with Crippen LogP contribution in [0.2, 0.25) is 0 Å². The lowest BCUT2D eigenvalue weighted by Crippen LogP contribution is -2.52. The number of benzene rings is 1. The summed E-state index contributed by atoms with van der Waals surface area (Å²) in [5.41, 5.74) is -0.102. The van der Waals surface area contributed by atoms with Crippen molar-refractivity contribution in [2.45, 2.75) is 46.7 Å². The molecule has 142 valence electrons. The minimum Gasteiger partial charge on any atom is -0.351 e. The van der Waals surface area contributed by atoms with E-state index in [2.05, 4.69) is 5.32 Å². The number of hydrogen-bond donors (Lipinski definition) is 1. The second-order valence-corrected chi connectivity index (χ2v) is 8.72.